The number of hydrogen-bond donors (Lipinski definition) is 0. The minimum absolute atomic E-state index is 0.157. The lowest BCUT2D eigenvalue weighted by Gasteiger charge is -2.41. The number of esters is 1. The molecule has 0 N–H and O–H groups in total. The first-order valence-electron chi connectivity index (χ1n) is 10.5. The third kappa shape index (κ3) is 5.80. The predicted octanol–water partition coefficient (Wildman–Crippen LogP) is 6.45. The third-order valence-electron chi connectivity index (χ3n) is 5.82. The maximum atomic E-state index is 13.5. The van der Waals surface area contributed by atoms with Crippen molar-refractivity contribution in [3.8, 4) is 22.9 Å². The molecule has 0 aliphatic carbocycles. The molecule has 1 aliphatic rings. The maximum Gasteiger partial charge on any atom is 0.314 e. The average molecular weight is 528 g/mol. The quantitative estimate of drug-likeness (QED) is 0.273. The molecule has 1 aliphatic heterocycles. The van der Waals surface area contributed by atoms with E-state index in [1.807, 2.05) is 43.3 Å². The van der Waals surface area contributed by atoms with E-state index in [0.717, 1.165) is 29.8 Å². The van der Waals surface area contributed by atoms with Crippen LogP contribution < -0.4 is 4.74 Å². The van der Waals surface area contributed by atoms with E-state index in [-0.39, 0.29) is 23.6 Å². The fraction of sp³-hybridized carbons (Fsp3) is 0.231. The van der Waals surface area contributed by atoms with E-state index in [0.29, 0.717) is 21.6 Å². The topological polar surface area (TPSA) is 53.3 Å². The molecular formula is C26H21BrClFN2O2. The van der Waals surface area contributed by atoms with Gasteiger partial charge in [-0.15, -0.1) is 0 Å². The SMILES string of the molecule is C[C@H](C(=O)Oc1cc(F)cc(Br)c1)C1CN(Cc2cc(C#N)cc(-c3ccc(Cl)cc3)c2)C1. The van der Waals surface area contributed by atoms with Crippen LogP contribution in [0.15, 0.2) is 65.1 Å². The zero-order valence-electron chi connectivity index (χ0n) is 17.9. The summed E-state index contributed by atoms with van der Waals surface area (Å²) < 4.78 is 19.4. The van der Waals surface area contributed by atoms with Gasteiger partial charge in [0.05, 0.1) is 17.6 Å². The normalized spacial score (nSPS) is 14.9. The molecular weight excluding hydrogens is 507 g/mol. The summed E-state index contributed by atoms with van der Waals surface area (Å²) in [6, 6.07) is 19.7. The first-order valence-corrected chi connectivity index (χ1v) is 11.7. The fourth-order valence-corrected chi connectivity index (χ4v) is 4.53. The third-order valence-corrected chi connectivity index (χ3v) is 6.53. The number of halogens is 3. The van der Waals surface area contributed by atoms with Gasteiger partial charge in [-0.05, 0) is 65.1 Å². The second-order valence-corrected chi connectivity index (χ2v) is 9.66. The highest BCUT2D eigenvalue weighted by atomic mass is 79.9. The molecule has 168 valence electrons. The molecule has 7 heteroatoms. The van der Waals surface area contributed by atoms with Crippen LogP contribution in [-0.2, 0) is 11.3 Å². The molecule has 0 unspecified atom stereocenters. The van der Waals surface area contributed by atoms with Gasteiger partial charge in [0, 0.05) is 35.2 Å². The summed E-state index contributed by atoms with van der Waals surface area (Å²) >= 11 is 9.20. The van der Waals surface area contributed by atoms with Crippen molar-refractivity contribution in [3.63, 3.8) is 0 Å². The van der Waals surface area contributed by atoms with Crippen LogP contribution in [-0.4, -0.2) is 24.0 Å². The van der Waals surface area contributed by atoms with Crippen molar-refractivity contribution in [2.75, 3.05) is 13.1 Å². The monoisotopic (exact) mass is 526 g/mol. The molecule has 1 saturated heterocycles. The smallest absolute Gasteiger partial charge is 0.314 e. The second kappa shape index (κ2) is 10.0. The number of carbonyl (C=O) groups is 1. The molecule has 0 aromatic heterocycles. The summed E-state index contributed by atoms with van der Waals surface area (Å²) in [5.74, 6) is -0.790. The summed E-state index contributed by atoms with van der Waals surface area (Å²) in [6.45, 7) is 4.02. The molecule has 0 spiro atoms. The number of rotatable bonds is 6. The molecule has 33 heavy (non-hydrogen) atoms. The number of benzene rings is 3. The molecule has 1 fully saturated rings. The molecule has 1 atom stereocenters. The molecule has 3 aromatic carbocycles. The summed E-state index contributed by atoms with van der Waals surface area (Å²) in [6.07, 6.45) is 0. The standard InChI is InChI=1S/C26H21BrClFN2O2/c1-16(26(32)33-25-10-22(27)9-24(29)11-25)21-14-31(15-21)13-18-6-17(12-30)7-20(8-18)19-2-4-23(28)5-3-19/h2-11,16,21H,13-15H2,1H3/t16-/m0/s1. The fourth-order valence-electron chi connectivity index (χ4n) is 3.96. The van der Waals surface area contributed by atoms with Crippen molar-refractivity contribution in [3.05, 3.63) is 87.1 Å². The Labute approximate surface area is 205 Å². The Morgan fingerprint density at radius 2 is 1.91 bits per heavy atom. The van der Waals surface area contributed by atoms with Crippen molar-refractivity contribution in [2.24, 2.45) is 11.8 Å². The number of ether oxygens (including phenoxy) is 1. The van der Waals surface area contributed by atoms with E-state index in [9.17, 15) is 14.4 Å². The van der Waals surface area contributed by atoms with E-state index in [4.69, 9.17) is 16.3 Å². The van der Waals surface area contributed by atoms with Gasteiger partial charge in [-0.25, -0.2) is 4.39 Å². The van der Waals surface area contributed by atoms with Crippen LogP contribution in [0, 0.1) is 29.0 Å². The lowest BCUT2D eigenvalue weighted by molar-refractivity contribution is -0.142. The Balaban J connectivity index is 1.37. The number of hydrogen-bond acceptors (Lipinski definition) is 4. The van der Waals surface area contributed by atoms with Gasteiger partial charge < -0.3 is 4.74 Å². The van der Waals surface area contributed by atoms with Crippen LogP contribution in [0.1, 0.15) is 18.1 Å². The summed E-state index contributed by atoms with van der Waals surface area (Å²) in [7, 11) is 0. The summed E-state index contributed by atoms with van der Waals surface area (Å²) in [4.78, 5) is 14.8. The van der Waals surface area contributed by atoms with Gasteiger partial charge in [0.2, 0.25) is 0 Å². The predicted molar refractivity (Wildman–Crippen MR) is 129 cm³/mol. The van der Waals surface area contributed by atoms with E-state index in [1.165, 1.54) is 12.1 Å². The van der Waals surface area contributed by atoms with E-state index in [1.54, 1.807) is 6.07 Å². The van der Waals surface area contributed by atoms with Crippen molar-refractivity contribution >= 4 is 33.5 Å². The largest absolute Gasteiger partial charge is 0.426 e. The van der Waals surface area contributed by atoms with Crippen LogP contribution in [0.5, 0.6) is 5.75 Å². The van der Waals surface area contributed by atoms with Gasteiger partial charge in [-0.2, -0.15) is 5.26 Å². The highest BCUT2D eigenvalue weighted by Gasteiger charge is 2.35. The minimum atomic E-state index is -0.466. The molecule has 1 heterocycles. The van der Waals surface area contributed by atoms with Gasteiger partial charge in [-0.3, -0.25) is 9.69 Å². The molecule has 4 nitrogen and oxygen atoms in total. The first kappa shape index (κ1) is 23.4. The van der Waals surface area contributed by atoms with Gasteiger partial charge in [0.1, 0.15) is 11.6 Å². The molecule has 3 aromatic rings. The van der Waals surface area contributed by atoms with Crippen molar-refractivity contribution < 1.29 is 13.9 Å². The molecule has 0 saturated carbocycles. The summed E-state index contributed by atoms with van der Waals surface area (Å²) in [5.41, 5.74) is 3.61. The van der Waals surface area contributed by atoms with E-state index in [2.05, 4.69) is 33.0 Å². The minimum Gasteiger partial charge on any atom is -0.426 e. The van der Waals surface area contributed by atoms with Crippen LogP contribution in [0.4, 0.5) is 4.39 Å². The zero-order valence-corrected chi connectivity index (χ0v) is 20.2. The maximum absolute atomic E-state index is 13.5. The van der Waals surface area contributed by atoms with Gasteiger partial charge in [-0.1, -0.05) is 46.6 Å². The molecule has 0 radical (unpaired) electrons. The first-order chi connectivity index (χ1) is 15.8. The van der Waals surface area contributed by atoms with Crippen molar-refractivity contribution in [1.82, 2.24) is 4.90 Å². The van der Waals surface area contributed by atoms with Crippen LogP contribution >= 0.6 is 27.5 Å². The lowest BCUT2D eigenvalue weighted by atomic mass is 9.86. The number of likely N-dealkylation sites (tertiary alicyclic amines) is 1. The molecule has 4 rings (SSSR count). The highest BCUT2D eigenvalue weighted by molar-refractivity contribution is 9.10. The Hall–Kier alpha value is -2.72. The van der Waals surface area contributed by atoms with Crippen LogP contribution in [0.2, 0.25) is 5.02 Å². The molecule has 0 amide bonds. The second-order valence-electron chi connectivity index (χ2n) is 8.31. The Bertz CT molecular complexity index is 1200. The Morgan fingerprint density at radius 3 is 2.58 bits per heavy atom. The van der Waals surface area contributed by atoms with E-state index >= 15 is 0 Å². The van der Waals surface area contributed by atoms with Crippen LogP contribution in [0.25, 0.3) is 11.1 Å². The molecule has 0 bridgehead atoms. The van der Waals surface area contributed by atoms with Crippen molar-refractivity contribution in [2.45, 2.75) is 13.5 Å². The Kier molecular flexibility index (Phi) is 7.14. The lowest BCUT2D eigenvalue weighted by Crippen LogP contribution is -2.50. The van der Waals surface area contributed by atoms with Gasteiger partial charge in [0.15, 0.2) is 0 Å². The number of nitriles is 1. The highest BCUT2D eigenvalue weighted by Crippen LogP contribution is 2.30. The number of nitrogens with zero attached hydrogens (tertiary/aromatic N) is 2. The zero-order chi connectivity index (χ0) is 23.5. The average Bonchev–Trinajstić information content (AvgIpc) is 2.75. The van der Waals surface area contributed by atoms with Crippen LogP contribution in [0.3, 0.4) is 0 Å². The Morgan fingerprint density at radius 1 is 1.18 bits per heavy atom. The van der Waals surface area contributed by atoms with Gasteiger partial charge >= 0.3 is 5.97 Å². The number of carbonyl (C=O) groups excluding carboxylic acids is 1. The summed E-state index contributed by atoms with van der Waals surface area (Å²) in [5, 5.41) is 10.1. The van der Waals surface area contributed by atoms with Crippen molar-refractivity contribution in [1.29, 1.82) is 5.26 Å². The van der Waals surface area contributed by atoms with E-state index < -0.39 is 5.82 Å². The van der Waals surface area contributed by atoms with Gasteiger partial charge in [0.25, 0.3) is 0 Å².